The van der Waals surface area contributed by atoms with Crippen LogP contribution in [0.3, 0.4) is 0 Å². The molecule has 2 aromatic rings. The summed E-state index contributed by atoms with van der Waals surface area (Å²) in [6, 6.07) is 15.1. The second kappa shape index (κ2) is 9.00. The summed E-state index contributed by atoms with van der Waals surface area (Å²) in [7, 11) is 0. The van der Waals surface area contributed by atoms with Crippen molar-refractivity contribution in [1.29, 1.82) is 0 Å². The number of benzene rings is 2. The van der Waals surface area contributed by atoms with Gasteiger partial charge < -0.3 is 15.3 Å². The van der Waals surface area contributed by atoms with E-state index in [4.69, 9.17) is 0 Å². The van der Waals surface area contributed by atoms with E-state index >= 15 is 0 Å². The SMILES string of the molecule is O=C([C@@H]1CNC[C@]12CCCc1cc(C(O)C(F)(F)F)ccc12)N1CCC(c2ccccc2)CC1. The number of likely N-dealkylation sites (tertiary alicyclic amines) is 1. The Morgan fingerprint density at radius 1 is 1.12 bits per heavy atom. The van der Waals surface area contributed by atoms with Gasteiger partial charge in [-0.05, 0) is 60.3 Å². The molecule has 1 aliphatic carbocycles. The van der Waals surface area contributed by atoms with Gasteiger partial charge >= 0.3 is 6.18 Å². The smallest absolute Gasteiger partial charge is 0.379 e. The molecule has 0 radical (unpaired) electrons. The number of aliphatic hydroxyl groups excluding tert-OH is 1. The maximum Gasteiger partial charge on any atom is 0.418 e. The van der Waals surface area contributed by atoms with Crippen LogP contribution in [0.5, 0.6) is 0 Å². The molecule has 0 bridgehead atoms. The normalized spacial score (nSPS) is 26.5. The molecule has 1 spiro atoms. The van der Waals surface area contributed by atoms with Gasteiger partial charge in [0.1, 0.15) is 0 Å². The number of aliphatic hydroxyl groups is 1. The fourth-order valence-electron chi connectivity index (χ4n) is 6.40. The summed E-state index contributed by atoms with van der Waals surface area (Å²) < 4.78 is 39.2. The molecule has 2 heterocycles. The molecule has 182 valence electrons. The number of carbonyl (C=O) groups is 1. The summed E-state index contributed by atoms with van der Waals surface area (Å²) in [4.78, 5) is 15.7. The topological polar surface area (TPSA) is 52.6 Å². The van der Waals surface area contributed by atoms with Crippen molar-refractivity contribution in [1.82, 2.24) is 10.2 Å². The molecule has 1 unspecified atom stereocenters. The van der Waals surface area contributed by atoms with Crippen LogP contribution in [0.1, 0.15) is 60.0 Å². The van der Waals surface area contributed by atoms with Crippen molar-refractivity contribution in [3.63, 3.8) is 0 Å². The van der Waals surface area contributed by atoms with Gasteiger partial charge in [-0.15, -0.1) is 0 Å². The van der Waals surface area contributed by atoms with Gasteiger partial charge in [0.05, 0.1) is 5.92 Å². The van der Waals surface area contributed by atoms with Crippen LogP contribution in [-0.4, -0.2) is 48.3 Å². The number of piperidine rings is 1. The molecular weight excluding hydrogens is 441 g/mol. The molecule has 3 aliphatic rings. The number of rotatable bonds is 3. The van der Waals surface area contributed by atoms with Gasteiger partial charge in [-0.2, -0.15) is 13.2 Å². The number of carbonyl (C=O) groups excluding carboxylic acids is 1. The molecular formula is C27H31F3N2O2. The highest BCUT2D eigenvalue weighted by Gasteiger charge is 2.51. The Bertz CT molecular complexity index is 1030. The van der Waals surface area contributed by atoms with Crippen molar-refractivity contribution in [3.05, 3.63) is 70.8 Å². The lowest BCUT2D eigenvalue weighted by Crippen LogP contribution is -2.49. The fourth-order valence-corrected chi connectivity index (χ4v) is 6.40. The van der Waals surface area contributed by atoms with Gasteiger partial charge in [-0.25, -0.2) is 0 Å². The Kier molecular flexibility index (Phi) is 6.19. The lowest BCUT2D eigenvalue weighted by Gasteiger charge is -2.42. The van der Waals surface area contributed by atoms with E-state index in [0.29, 0.717) is 25.4 Å². The molecule has 34 heavy (non-hydrogen) atoms. The predicted octanol–water partition coefficient (Wildman–Crippen LogP) is 4.48. The minimum absolute atomic E-state index is 0.125. The van der Waals surface area contributed by atoms with Crippen LogP contribution >= 0.6 is 0 Å². The van der Waals surface area contributed by atoms with E-state index in [2.05, 4.69) is 29.6 Å². The Morgan fingerprint density at radius 3 is 2.56 bits per heavy atom. The van der Waals surface area contributed by atoms with Gasteiger partial charge in [-0.1, -0.05) is 48.5 Å². The highest BCUT2D eigenvalue weighted by atomic mass is 19.4. The van der Waals surface area contributed by atoms with E-state index in [9.17, 15) is 23.1 Å². The van der Waals surface area contributed by atoms with Crippen molar-refractivity contribution >= 4 is 5.91 Å². The zero-order valence-electron chi connectivity index (χ0n) is 19.2. The van der Waals surface area contributed by atoms with Gasteiger partial charge in [0.25, 0.3) is 0 Å². The summed E-state index contributed by atoms with van der Waals surface area (Å²) in [5.74, 6) is 0.400. The van der Waals surface area contributed by atoms with E-state index in [1.165, 1.54) is 17.7 Å². The third kappa shape index (κ3) is 4.13. The van der Waals surface area contributed by atoms with E-state index in [1.807, 2.05) is 11.0 Å². The molecule has 2 N–H and O–H groups in total. The van der Waals surface area contributed by atoms with Gasteiger partial charge in [0.2, 0.25) is 5.91 Å². The summed E-state index contributed by atoms with van der Waals surface area (Å²) >= 11 is 0. The quantitative estimate of drug-likeness (QED) is 0.693. The highest BCUT2D eigenvalue weighted by Crippen LogP contribution is 2.47. The first-order chi connectivity index (χ1) is 16.3. The van der Waals surface area contributed by atoms with Crippen LogP contribution in [0.2, 0.25) is 0 Å². The third-order valence-electron chi connectivity index (χ3n) is 8.19. The van der Waals surface area contributed by atoms with Crippen molar-refractivity contribution < 1.29 is 23.1 Å². The van der Waals surface area contributed by atoms with Crippen LogP contribution in [0, 0.1) is 5.92 Å². The molecule has 2 saturated heterocycles. The fraction of sp³-hybridized carbons (Fsp3) is 0.519. The number of aryl methyl sites for hydroxylation is 1. The second-order valence-electron chi connectivity index (χ2n) is 10.1. The second-order valence-corrected chi connectivity index (χ2v) is 10.1. The third-order valence-corrected chi connectivity index (χ3v) is 8.19. The minimum Gasteiger partial charge on any atom is -0.379 e. The molecule has 2 fully saturated rings. The number of nitrogens with zero attached hydrogens (tertiary/aromatic N) is 1. The Morgan fingerprint density at radius 2 is 1.85 bits per heavy atom. The van der Waals surface area contributed by atoms with Gasteiger partial charge in [0, 0.05) is 31.6 Å². The summed E-state index contributed by atoms with van der Waals surface area (Å²) in [6.45, 7) is 2.70. The Hall–Kier alpha value is -2.38. The predicted molar refractivity (Wildman–Crippen MR) is 123 cm³/mol. The highest BCUT2D eigenvalue weighted by molar-refractivity contribution is 5.82. The largest absolute Gasteiger partial charge is 0.418 e. The Balaban J connectivity index is 1.35. The number of fused-ring (bicyclic) bond motifs is 2. The van der Waals surface area contributed by atoms with Crippen LogP contribution < -0.4 is 5.32 Å². The summed E-state index contributed by atoms with van der Waals surface area (Å²) in [6.07, 6.45) is -2.97. The standard InChI is InChI=1S/C27H31F3N2O2/c28-27(29,30)24(33)21-8-9-22-20(15-21)7-4-12-26(22)17-31-16-23(26)25(34)32-13-10-19(11-14-32)18-5-2-1-3-6-18/h1-3,5-6,8-9,15,19,23-24,31,33H,4,7,10-14,16-17H2/t23-,24?,26-/m0/s1. The van der Waals surface area contributed by atoms with Crippen LogP contribution in [0.4, 0.5) is 13.2 Å². The first-order valence-corrected chi connectivity index (χ1v) is 12.2. The number of amides is 1. The van der Waals surface area contributed by atoms with Crippen LogP contribution in [-0.2, 0) is 16.6 Å². The van der Waals surface area contributed by atoms with Crippen molar-refractivity contribution in [2.24, 2.45) is 5.92 Å². The van der Waals surface area contributed by atoms with E-state index in [1.54, 1.807) is 6.07 Å². The molecule has 0 saturated carbocycles. The molecule has 4 nitrogen and oxygen atoms in total. The molecule has 0 aromatic heterocycles. The molecule has 3 atom stereocenters. The molecule has 2 aliphatic heterocycles. The average molecular weight is 473 g/mol. The maximum absolute atomic E-state index is 13.7. The molecule has 1 amide bonds. The average Bonchev–Trinajstić information content (AvgIpc) is 3.27. The van der Waals surface area contributed by atoms with E-state index in [0.717, 1.165) is 49.9 Å². The van der Waals surface area contributed by atoms with Crippen LogP contribution in [0.25, 0.3) is 0 Å². The zero-order chi connectivity index (χ0) is 23.9. The summed E-state index contributed by atoms with van der Waals surface area (Å²) in [5.41, 5.74) is 2.60. The zero-order valence-corrected chi connectivity index (χ0v) is 19.2. The minimum atomic E-state index is -4.69. The van der Waals surface area contributed by atoms with Crippen molar-refractivity contribution in [2.45, 2.75) is 55.7 Å². The van der Waals surface area contributed by atoms with Gasteiger partial charge in [0.15, 0.2) is 6.10 Å². The lowest BCUT2D eigenvalue weighted by atomic mass is 9.63. The number of hydrogen-bond acceptors (Lipinski definition) is 3. The van der Waals surface area contributed by atoms with Crippen molar-refractivity contribution in [3.8, 4) is 0 Å². The lowest BCUT2D eigenvalue weighted by molar-refractivity contribution is -0.206. The van der Waals surface area contributed by atoms with Crippen molar-refractivity contribution in [2.75, 3.05) is 26.2 Å². The monoisotopic (exact) mass is 472 g/mol. The van der Waals surface area contributed by atoms with E-state index < -0.39 is 17.7 Å². The van der Waals surface area contributed by atoms with E-state index in [-0.39, 0.29) is 17.4 Å². The molecule has 2 aromatic carbocycles. The molecule has 7 heteroatoms. The summed E-state index contributed by atoms with van der Waals surface area (Å²) in [5, 5.41) is 13.1. The number of hydrogen-bond donors (Lipinski definition) is 2. The maximum atomic E-state index is 13.7. The number of alkyl halides is 3. The van der Waals surface area contributed by atoms with Crippen LogP contribution in [0.15, 0.2) is 48.5 Å². The Labute approximate surface area is 198 Å². The number of nitrogens with one attached hydrogen (secondary N) is 1. The molecule has 5 rings (SSSR count). The van der Waals surface area contributed by atoms with Gasteiger partial charge in [-0.3, -0.25) is 4.79 Å². The first-order valence-electron chi connectivity index (χ1n) is 12.2. The number of halogens is 3. The first kappa shape index (κ1) is 23.4.